The standard InChI is InChI=1S/C20H16ClNO6/c1-12(23)22-14-6-7-15-13(8-19(24)28-18(15)9-14)10-27-20(25)11-26-17-5-3-2-4-16(17)21/h2-9H,10-11H2,1H3,(H,22,23). The number of esters is 1. The van der Waals surface area contributed by atoms with E-state index in [1.165, 1.54) is 19.1 Å². The zero-order valence-corrected chi connectivity index (χ0v) is 15.6. The van der Waals surface area contributed by atoms with Crippen LogP contribution < -0.4 is 15.7 Å². The minimum absolute atomic E-state index is 0.133. The van der Waals surface area contributed by atoms with Gasteiger partial charge in [0.1, 0.15) is 17.9 Å². The summed E-state index contributed by atoms with van der Waals surface area (Å²) >= 11 is 5.96. The second-order valence-corrected chi connectivity index (χ2v) is 6.27. The van der Waals surface area contributed by atoms with E-state index in [4.69, 9.17) is 25.5 Å². The minimum Gasteiger partial charge on any atom is -0.480 e. The van der Waals surface area contributed by atoms with Gasteiger partial charge in [0.15, 0.2) is 6.61 Å². The van der Waals surface area contributed by atoms with E-state index in [0.717, 1.165) is 0 Å². The lowest BCUT2D eigenvalue weighted by molar-refractivity contribution is -0.147. The van der Waals surface area contributed by atoms with Gasteiger partial charge in [-0.2, -0.15) is 0 Å². The van der Waals surface area contributed by atoms with Crippen LogP contribution in [0.2, 0.25) is 5.02 Å². The summed E-state index contributed by atoms with van der Waals surface area (Å²) in [6.07, 6.45) is 0. The first-order valence-electron chi connectivity index (χ1n) is 8.30. The summed E-state index contributed by atoms with van der Waals surface area (Å²) < 4.78 is 15.7. The van der Waals surface area contributed by atoms with Crippen molar-refractivity contribution in [3.63, 3.8) is 0 Å². The first kappa shape index (κ1) is 19.4. The van der Waals surface area contributed by atoms with E-state index in [-0.39, 0.29) is 24.7 Å². The second-order valence-electron chi connectivity index (χ2n) is 5.86. The number of benzene rings is 2. The lowest BCUT2D eigenvalue weighted by atomic mass is 10.1. The van der Waals surface area contributed by atoms with Crippen LogP contribution in [0.4, 0.5) is 5.69 Å². The number of hydrogen-bond donors (Lipinski definition) is 1. The molecule has 0 aliphatic rings. The fourth-order valence-corrected chi connectivity index (χ4v) is 2.72. The Bertz CT molecular complexity index is 1090. The number of para-hydroxylation sites is 1. The number of nitrogens with one attached hydrogen (secondary N) is 1. The SMILES string of the molecule is CC(=O)Nc1ccc2c(COC(=O)COc3ccccc3Cl)cc(=O)oc2c1. The lowest BCUT2D eigenvalue weighted by Crippen LogP contribution is -2.15. The monoisotopic (exact) mass is 401 g/mol. The van der Waals surface area contributed by atoms with Crippen LogP contribution in [-0.4, -0.2) is 18.5 Å². The van der Waals surface area contributed by atoms with E-state index >= 15 is 0 Å². The van der Waals surface area contributed by atoms with Crippen LogP contribution in [0.15, 0.2) is 57.7 Å². The summed E-state index contributed by atoms with van der Waals surface area (Å²) in [4.78, 5) is 34.9. The van der Waals surface area contributed by atoms with E-state index < -0.39 is 11.6 Å². The van der Waals surface area contributed by atoms with Gasteiger partial charge in [0.2, 0.25) is 5.91 Å². The molecule has 0 radical (unpaired) electrons. The van der Waals surface area contributed by atoms with E-state index in [1.807, 2.05) is 0 Å². The first-order chi connectivity index (χ1) is 13.4. The Labute approximate surface area is 164 Å². The van der Waals surface area contributed by atoms with E-state index in [2.05, 4.69) is 5.32 Å². The van der Waals surface area contributed by atoms with Crippen molar-refractivity contribution in [2.24, 2.45) is 0 Å². The molecule has 0 unspecified atom stereocenters. The number of rotatable bonds is 6. The summed E-state index contributed by atoms with van der Waals surface area (Å²) in [6, 6.07) is 12.9. The summed E-state index contributed by atoms with van der Waals surface area (Å²) in [5, 5.41) is 3.59. The Balaban J connectivity index is 1.69. The van der Waals surface area contributed by atoms with Gasteiger partial charge in [-0.3, -0.25) is 4.79 Å². The Morgan fingerprint density at radius 1 is 1.14 bits per heavy atom. The van der Waals surface area contributed by atoms with Crippen LogP contribution in [0.3, 0.4) is 0 Å². The van der Waals surface area contributed by atoms with E-state index in [9.17, 15) is 14.4 Å². The lowest BCUT2D eigenvalue weighted by Gasteiger charge is -2.10. The van der Waals surface area contributed by atoms with Crippen molar-refractivity contribution in [3.8, 4) is 5.75 Å². The number of fused-ring (bicyclic) bond motifs is 1. The quantitative estimate of drug-likeness (QED) is 0.501. The molecule has 0 fully saturated rings. The highest BCUT2D eigenvalue weighted by Gasteiger charge is 2.11. The van der Waals surface area contributed by atoms with Crippen LogP contribution in [0.5, 0.6) is 5.75 Å². The summed E-state index contributed by atoms with van der Waals surface area (Å²) in [5.74, 6) is -0.487. The molecule has 0 bridgehead atoms. The topological polar surface area (TPSA) is 94.8 Å². The van der Waals surface area contributed by atoms with Gasteiger partial charge in [0, 0.05) is 35.7 Å². The predicted octanol–water partition coefficient (Wildman–Crippen LogP) is 3.53. The Morgan fingerprint density at radius 2 is 1.93 bits per heavy atom. The van der Waals surface area contributed by atoms with E-state index in [1.54, 1.807) is 36.4 Å². The Hall–Kier alpha value is -3.32. The molecule has 1 aromatic heterocycles. The van der Waals surface area contributed by atoms with Crippen molar-refractivity contribution in [2.45, 2.75) is 13.5 Å². The molecule has 3 rings (SSSR count). The van der Waals surface area contributed by atoms with Gasteiger partial charge in [-0.25, -0.2) is 9.59 Å². The molecular formula is C20H16ClNO6. The molecular weight excluding hydrogens is 386 g/mol. The molecule has 8 heteroatoms. The molecule has 3 aromatic rings. The maximum absolute atomic E-state index is 12.0. The number of carbonyl (C=O) groups is 2. The van der Waals surface area contributed by atoms with Crippen molar-refractivity contribution in [2.75, 3.05) is 11.9 Å². The molecule has 1 amide bonds. The molecule has 7 nitrogen and oxygen atoms in total. The normalized spacial score (nSPS) is 10.5. The van der Waals surface area contributed by atoms with Gasteiger partial charge in [0.25, 0.3) is 0 Å². The fraction of sp³-hybridized carbons (Fsp3) is 0.150. The van der Waals surface area contributed by atoms with Crippen LogP contribution in [0, 0.1) is 0 Å². The Morgan fingerprint density at radius 3 is 2.68 bits per heavy atom. The van der Waals surface area contributed by atoms with Gasteiger partial charge in [-0.15, -0.1) is 0 Å². The molecule has 0 spiro atoms. The highest BCUT2D eigenvalue weighted by molar-refractivity contribution is 6.32. The van der Waals surface area contributed by atoms with Gasteiger partial charge in [-0.1, -0.05) is 23.7 Å². The number of halogens is 1. The molecule has 0 saturated carbocycles. The molecule has 0 atom stereocenters. The molecule has 1 N–H and O–H groups in total. The van der Waals surface area contributed by atoms with Gasteiger partial charge < -0.3 is 19.2 Å². The average Bonchev–Trinajstić information content (AvgIpc) is 2.64. The van der Waals surface area contributed by atoms with E-state index in [0.29, 0.717) is 27.4 Å². The third-order valence-corrected chi connectivity index (χ3v) is 4.03. The third kappa shape index (κ3) is 4.89. The van der Waals surface area contributed by atoms with Gasteiger partial charge >= 0.3 is 11.6 Å². The molecule has 0 saturated heterocycles. The summed E-state index contributed by atoms with van der Waals surface area (Å²) in [7, 11) is 0. The van der Waals surface area contributed by atoms with Crippen molar-refractivity contribution in [3.05, 3.63) is 69.5 Å². The van der Waals surface area contributed by atoms with Gasteiger partial charge in [-0.05, 0) is 24.3 Å². The molecule has 144 valence electrons. The predicted molar refractivity (Wildman–Crippen MR) is 104 cm³/mol. The van der Waals surface area contributed by atoms with Crippen molar-refractivity contribution in [1.82, 2.24) is 0 Å². The van der Waals surface area contributed by atoms with Gasteiger partial charge in [0.05, 0.1) is 5.02 Å². The smallest absolute Gasteiger partial charge is 0.344 e. The molecule has 0 aliphatic carbocycles. The zero-order chi connectivity index (χ0) is 20.1. The molecule has 1 heterocycles. The number of hydrogen-bond acceptors (Lipinski definition) is 6. The third-order valence-electron chi connectivity index (χ3n) is 3.72. The minimum atomic E-state index is -0.615. The largest absolute Gasteiger partial charge is 0.480 e. The number of carbonyl (C=O) groups excluding carboxylic acids is 2. The zero-order valence-electron chi connectivity index (χ0n) is 14.9. The highest BCUT2D eigenvalue weighted by atomic mass is 35.5. The summed E-state index contributed by atoms with van der Waals surface area (Å²) in [5.41, 5.74) is 0.653. The maximum Gasteiger partial charge on any atom is 0.344 e. The number of ether oxygens (including phenoxy) is 2. The average molecular weight is 402 g/mol. The maximum atomic E-state index is 12.0. The number of amides is 1. The summed E-state index contributed by atoms with van der Waals surface area (Å²) in [6.45, 7) is 0.920. The molecule has 2 aromatic carbocycles. The van der Waals surface area contributed by atoms with Crippen LogP contribution in [0.1, 0.15) is 12.5 Å². The van der Waals surface area contributed by atoms with Crippen molar-refractivity contribution >= 4 is 40.1 Å². The van der Waals surface area contributed by atoms with Crippen LogP contribution >= 0.6 is 11.6 Å². The van der Waals surface area contributed by atoms with Crippen LogP contribution in [0.25, 0.3) is 11.0 Å². The van der Waals surface area contributed by atoms with Crippen molar-refractivity contribution in [1.29, 1.82) is 0 Å². The second kappa shape index (κ2) is 8.58. The van der Waals surface area contributed by atoms with Crippen LogP contribution in [-0.2, 0) is 20.9 Å². The van der Waals surface area contributed by atoms with Crippen molar-refractivity contribution < 1.29 is 23.5 Å². The number of anilines is 1. The Kier molecular flexibility index (Phi) is 5.96. The highest BCUT2D eigenvalue weighted by Crippen LogP contribution is 2.24. The molecule has 28 heavy (non-hydrogen) atoms. The molecule has 0 aliphatic heterocycles. The first-order valence-corrected chi connectivity index (χ1v) is 8.67. The fourth-order valence-electron chi connectivity index (χ4n) is 2.53.